The lowest BCUT2D eigenvalue weighted by Crippen LogP contribution is -2.06. The molecule has 4 heteroatoms. The number of hydrogen-bond donors (Lipinski definition) is 0. The fourth-order valence-corrected chi connectivity index (χ4v) is 1.62. The maximum Gasteiger partial charge on any atom is 0.311 e. The highest BCUT2D eigenvalue weighted by molar-refractivity contribution is 7.11. The van der Waals surface area contributed by atoms with Gasteiger partial charge in [0, 0.05) is 11.1 Å². The third-order valence-electron chi connectivity index (χ3n) is 1.29. The molecule has 0 N–H and O–H groups in total. The number of aromatic nitrogens is 1. The van der Waals surface area contributed by atoms with Gasteiger partial charge >= 0.3 is 5.97 Å². The van der Waals surface area contributed by atoms with E-state index in [0.717, 1.165) is 9.88 Å². The molecule has 0 atom stereocenters. The van der Waals surface area contributed by atoms with Crippen LogP contribution in [-0.2, 0) is 16.0 Å². The predicted molar refractivity (Wildman–Crippen MR) is 58.5 cm³/mol. The average Bonchev–Trinajstić information content (AvgIpc) is 2.55. The van der Waals surface area contributed by atoms with Gasteiger partial charge < -0.3 is 4.74 Å². The number of carbonyl (C=O) groups excluding carboxylic acids is 1. The van der Waals surface area contributed by atoms with Crippen LogP contribution in [0.25, 0.3) is 0 Å². The molecule has 14 heavy (non-hydrogen) atoms. The first kappa shape index (κ1) is 13.1. The van der Waals surface area contributed by atoms with Gasteiger partial charge in [-0.25, -0.2) is 4.98 Å². The molecule has 1 aromatic heterocycles. The Hall–Kier alpha value is -0.900. The summed E-state index contributed by atoms with van der Waals surface area (Å²) in [5, 5.41) is 0.981. The highest BCUT2D eigenvalue weighted by Crippen LogP contribution is 2.12. The number of nitrogens with zero attached hydrogens (tertiary/aromatic N) is 1. The molecule has 0 aliphatic rings. The standard InChI is InChI=1S/C8H11NO2S.C2H6/c1-3-11-8(10)4-7-5-9-6(2)12-7;1-2/h5H,3-4H2,1-2H3;1-2H3. The molecule has 0 aliphatic heterocycles. The van der Waals surface area contributed by atoms with Gasteiger partial charge in [-0.3, -0.25) is 4.79 Å². The van der Waals surface area contributed by atoms with Crippen molar-refractivity contribution in [2.75, 3.05) is 6.61 Å². The smallest absolute Gasteiger partial charge is 0.311 e. The normalized spacial score (nSPS) is 8.86. The molecule has 0 unspecified atom stereocenters. The van der Waals surface area contributed by atoms with E-state index in [9.17, 15) is 4.79 Å². The van der Waals surface area contributed by atoms with Crippen molar-refractivity contribution in [3.05, 3.63) is 16.1 Å². The quantitative estimate of drug-likeness (QED) is 0.727. The Morgan fingerprint density at radius 3 is 2.64 bits per heavy atom. The highest BCUT2D eigenvalue weighted by atomic mass is 32.1. The number of aryl methyl sites for hydroxylation is 1. The summed E-state index contributed by atoms with van der Waals surface area (Å²) < 4.78 is 4.80. The Labute approximate surface area is 89.1 Å². The zero-order valence-electron chi connectivity index (χ0n) is 9.16. The van der Waals surface area contributed by atoms with Crippen molar-refractivity contribution < 1.29 is 9.53 Å². The first-order valence-electron chi connectivity index (χ1n) is 4.79. The number of carbonyl (C=O) groups is 1. The second kappa shape index (κ2) is 7.50. The summed E-state index contributed by atoms with van der Waals surface area (Å²) in [7, 11) is 0. The summed E-state index contributed by atoms with van der Waals surface area (Å²) >= 11 is 1.53. The SMILES string of the molecule is CC.CCOC(=O)Cc1cnc(C)s1. The molecule has 1 rings (SSSR count). The number of thiazole rings is 1. The van der Waals surface area contributed by atoms with Gasteiger partial charge in [0.05, 0.1) is 18.0 Å². The van der Waals surface area contributed by atoms with Crippen LogP contribution in [0.15, 0.2) is 6.20 Å². The van der Waals surface area contributed by atoms with Crippen molar-refractivity contribution in [2.24, 2.45) is 0 Å². The lowest BCUT2D eigenvalue weighted by Gasteiger charge is -1.97. The Morgan fingerprint density at radius 2 is 2.21 bits per heavy atom. The van der Waals surface area contributed by atoms with E-state index in [-0.39, 0.29) is 5.97 Å². The molecule has 0 aliphatic carbocycles. The van der Waals surface area contributed by atoms with Crippen molar-refractivity contribution in [1.29, 1.82) is 0 Å². The fraction of sp³-hybridized carbons (Fsp3) is 0.600. The van der Waals surface area contributed by atoms with Crippen LogP contribution in [0, 0.1) is 6.92 Å². The molecule has 0 spiro atoms. The molecule has 0 saturated heterocycles. The molecule has 0 fully saturated rings. The third kappa shape index (κ3) is 4.97. The minimum absolute atomic E-state index is 0.179. The molecule has 0 aromatic carbocycles. The van der Waals surface area contributed by atoms with E-state index in [1.807, 2.05) is 20.8 Å². The topological polar surface area (TPSA) is 39.2 Å². The van der Waals surface area contributed by atoms with Gasteiger partial charge in [0.1, 0.15) is 0 Å². The molecular weight excluding hydrogens is 198 g/mol. The van der Waals surface area contributed by atoms with Crippen LogP contribution in [0.5, 0.6) is 0 Å². The van der Waals surface area contributed by atoms with Gasteiger partial charge in [-0.2, -0.15) is 0 Å². The van der Waals surface area contributed by atoms with E-state index >= 15 is 0 Å². The lowest BCUT2D eigenvalue weighted by atomic mass is 10.4. The minimum atomic E-state index is -0.179. The van der Waals surface area contributed by atoms with Crippen molar-refractivity contribution in [3.63, 3.8) is 0 Å². The largest absolute Gasteiger partial charge is 0.466 e. The molecule has 80 valence electrons. The van der Waals surface area contributed by atoms with Gasteiger partial charge in [-0.1, -0.05) is 13.8 Å². The van der Waals surface area contributed by atoms with E-state index in [4.69, 9.17) is 4.74 Å². The lowest BCUT2D eigenvalue weighted by molar-refractivity contribution is -0.142. The number of rotatable bonds is 3. The summed E-state index contributed by atoms with van der Waals surface area (Å²) in [5.41, 5.74) is 0. The Morgan fingerprint density at radius 1 is 1.57 bits per heavy atom. The zero-order chi connectivity index (χ0) is 11.0. The molecule has 3 nitrogen and oxygen atoms in total. The van der Waals surface area contributed by atoms with E-state index in [1.54, 1.807) is 13.1 Å². The van der Waals surface area contributed by atoms with E-state index in [1.165, 1.54) is 11.3 Å². The van der Waals surface area contributed by atoms with Gasteiger partial charge in [-0.15, -0.1) is 11.3 Å². The maximum absolute atomic E-state index is 11.0. The maximum atomic E-state index is 11.0. The van der Waals surface area contributed by atoms with Crippen molar-refractivity contribution in [2.45, 2.75) is 34.1 Å². The minimum Gasteiger partial charge on any atom is -0.466 e. The van der Waals surface area contributed by atoms with Crippen molar-refractivity contribution in [1.82, 2.24) is 4.98 Å². The second-order valence-electron chi connectivity index (χ2n) is 2.33. The van der Waals surface area contributed by atoms with Crippen LogP contribution in [0.4, 0.5) is 0 Å². The summed E-state index contributed by atoms with van der Waals surface area (Å²) in [4.78, 5) is 16.0. The monoisotopic (exact) mass is 215 g/mol. The van der Waals surface area contributed by atoms with Gasteiger partial charge in [0.2, 0.25) is 0 Å². The second-order valence-corrected chi connectivity index (χ2v) is 3.65. The van der Waals surface area contributed by atoms with E-state index < -0.39 is 0 Å². The summed E-state index contributed by atoms with van der Waals surface area (Å²) in [6.07, 6.45) is 2.07. The highest BCUT2D eigenvalue weighted by Gasteiger charge is 2.05. The molecule has 1 heterocycles. The number of ether oxygens (including phenoxy) is 1. The van der Waals surface area contributed by atoms with Gasteiger partial charge in [-0.05, 0) is 13.8 Å². The van der Waals surface area contributed by atoms with Crippen LogP contribution in [-0.4, -0.2) is 17.6 Å². The summed E-state index contributed by atoms with van der Waals surface area (Å²) in [6.45, 7) is 8.16. The molecule has 0 radical (unpaired) electrons. The number of esters is 1. The predicted octanol–water partition coefficient (Wildman–Crippen LogP) is 2.58. The van der Waals surface area contributed by atoms with E-state index in [2.05, 4.69) is 4.98 Å². The van der Waals surface area contributed by atoms with Crippen LogP contribution >= 0.6 is 11.3 Å². The van der Waals surface area contributed by atoms with Gasteiger partial charge in [0.25, 0.3) is 0 Å². The third-order valence-corrected chi connectivity index (χ3v) is 2.21. The molecule has 0 bridgehead atoms. The zero-order valence-corrected chi connectivity index (χ0v) is 9.98. The molecule has 0 amide bonds. The first-order valence-corrected chi connectivity index (χ1v) is 5.61. The van der Waals surface area contributed by atoms with Crippen LogP contribution in [0.3, 0.4) is 0 Å². The first-order chi connectivity index (χ1) is 6.72. The van der Waals surface area contributed by atoms with E-state index in [0.29, 0.717) is 13.0 Å². The number of hydrogen-bond acceptors (Lipinski definition) is 4. The van der Waals surface area contributed by atoms with Crippen molar-refractivity contribution >= 4 is 17.3 Å². The van der Waals surface area contributed by atoms with Crippen LogP contribution in [0.1, 0.15) is 30.7 Å². The molecule has 1 aromatic rings. The Kier molecular flexibility index (Phi) is 7.02. The van der Waals surface area contributed by atoms with Crippen LogP contribution in [0.2, 0.25) is 0 Å². The van der Waals surface area contributed by atoms with Crippen molar-refractivity contribution in [3.8, 4) is 0 Å². The molecular formula is C10H17NO2S. The van der Waals surface area contributed by atoms with Gasteiger partial charge in [0.15, 0.2) is 0 Å². The summed E-state index contributed by atoms with van der Waals surface area (Å²) in [6, 6.07) is 0. The summed E-state index contributed by atoms with van der Waals surface area (Å²) in [5.74, 6) is -0.179. The molecule has 0 saturated carbocycles. The Balaban J connectivity index is 0.000000791. The fourth-order valence-electron chi connectivity index (χ4n) is 0.841. The van der Waals surface area contributed by atoms with Crippen LogP contribution < -0.4 is 0 Å². The Bertz CT molecular complexity index is 271. The average molecular weight is 215 g/mol.